The molecule has 0 saturated heterocycles. The number of alkyl halides is 3. The molecule has 2 heterocycles. The van der Waals surface area contributed by atoms with E-state index in [0.29, 0.717) is 24.3 Å². The standard InChI is InChI=1S/C11H9F3N2O/c12-11(13,14)7-2-1-3-8-10(7)15-9-4-6(17)5-16(8)9/h1-3,6,17H,4-5H2. The second-order valence-electron chi connectivity index (χ2n) is 4.17. The Morgan fingerprint density at radius 3 is 2.82 bits per heavy atom. The molecule has 0 saturated carbocycles. The molecule has 90 valence electrons. The largest absolute Gasteiger partial charge is 0.418 e. The van der Waals surface area contributed by atoms with Crippen LogP contribution in [0.1, 0.15) is 11.4 Å². The zero-order valence-corrected chi connectivity index (χ0v) is 8.70. The lowest BCUT2D eigenvalue weighted by Crippen LogP contribution is -2.09. The first kappa shape index (κ1) is 10.6. The van der Waals surface area contributed by atoms with E-state index in [-0.39, 0.29) is 5.52 Å². The molecule has 1 N–H and O–H groups in total. The maximum absolute atomic E-state index is 12.8. The van der Waals surface area contributed by atoms with Gasteiger partial charge in [-0.05, 0) is 12.1 Å². The summed E-state index contributed by atoms with van der Waals surface area (Å²) in [6, 6.07) is 3.99. The Labute approximate surface area is 94.5 Å². The number of hydrogen-bond donors (Lipinski definition) is 1. The lowest BCUT2D eigenvalue weighted by molar-refractivity contribution is -0.136. The molecule has 3 nitrogen and oxygen atoms in total. The maximum Gasteiger partial charge on any atom is 0.418 e. The molecule has 0 amide bonds. The van der Waals surface area contributed by atoms with Crippen molar-refractivity contribution in [1.29, 1.82) is 0 Å². The molecule has 3 rings (SSSR count). The summed E-state index contributed by atoms with van der Waals surface area (Å²) in [4.78, 5) is 3.99. The molecular weight excluding hydrogens is 233 g/mol. The number of nitrogens with zero attached hydrogens (tertiary/aromatic N) is 2. The molecule has 1 aromatic carbocycles. The monoisotopic (exact) mass is 242 g/mol. The maximum atomic E-state index is 12.8. The van der Waals surface area contributed by atoms with Crippen molar-refractivity contribution in [3.05, 3.63) is 29.6 Å². The zero-order chi connectivity index (χ0) is 12.2. The molecule has 0 radical (unpaired) electrons. The Morgan fingerprint density at radius 1 is 1.35 bits per heavy atom. The molecule has 0 aliphatic carbocycles. The van der Waals surface area contributed by atoms with E-state index in [4.69, 9.17) is 0 Å². The van der Waals surface area contributed by atoms with Gasteiger partial charge in [0.15, 0.2) is 0 Å². The van der Waals surface area contributed by atoms with E-state index in [0.717, 1.165) is 6.07 Å². The fourth-order valence-corrected chi connectivity index (χ4v) is 2.27. The second-order valence-corrected chi connectivity index (χ2v) is 4.17. The van der Waals surface area contributed by atoms with Crippen molar-refractivity contribution >= 4 is 11.0 Å². The molecule has 1 aliphatic rings. The normalized spacial score (nSPS) is 19.9. The molecule has 2 aromatic rings. The molecule has 0 spiro atoms. The van der Waals surface area contributed by atoms with Crippen LogP contribution in [0, 0.1) is 0 Å². The van der Waals surface area contributed by atoms with Gasteiger partial charge in [0.2, 0.25) is 0 Å². The minimum Gasteiger partial charge on any atom is -0.391 e. The first-order valence-electron chi connectivity index (χ1n) is 5.20. The third kappa shape index (κ3) is 1.51. The Bertz CT molecular complexity index is 588. The van der Waals surface area contributed by atoms with Gasteiger partial charge in [-0.3, -0.25) is 0 Å². The van der Waals surface area contributed by atoms with Crippen molar-refractivity contribution < 1.29 is 18.3 Å². The van der Waals surface area contributed by atoms with E-state index in [1.807, 2.05) is 0 Å². The summed E-state index contributed by atoms with van der Waals surface area (Å²) in [5.74, 6) is 0.518. The predicted octanol–water partition coefficient (Wildman–Crippen LogP) is 1.97. The molecule has 0 bridgehead atoms. The van der Waals surface area contributed by atoms with Crippen molar-refractivity contribution in [2.75, 3.05) is 0 Å². The summed E-state index contributed by atoms with van der Waals surface area (Å²) >= 11 is 0. The van der Waals surface area contributed by atoms with Crippen LogP contribution in [-0.4, -0.2) is 20.8 Å². The minimum absolute atomic E-state index is 0.0260. The highest BCUT2D eigenvalue weighted by molar-refractivity contribution is 5.80. The van der Waals surface area contributed by atoms with Gasteiger partial charge in [-0.15, -0.1) is 0 Å². The first-order valence-corrected chi connectivity index (χ1v) is 5.20. The first-order chi connectivity index (χ1) is 7.97. The Hall–Kier alpha value is -1.56. The number of benzene rings is 1. The minimum atomic E-state index is -4.40. The van der Waals surface area contributed by atoms with Crippen LogP contribution in [0.2, 0.25) is 0 Å². The summed E-state index contributed by atoms with van der Waals surface area (Å²) in [6.45, 7) is 0.313. The fraction of sp³-hybridized carbons (Fsp3) is 0.364. The molecular formula is C11H9F3N2O. The van der Waals surface area contributed by atoms with Crippen LogP contribution in [0.15, 0.2) is 18.2 Å². The van der Waals surface area contributed by atoms with E-state index in [1.54, 1.807) is 10.6 Å². The SMILES string of the molecule is OC1Cc2nc3c(C(F)(F)F)cccc3n2C1. The number of para-hydroxylation sites is 1. The van der Waals surface area contributed by atoms with Gasteiger partial charge in [0.05, 0.1) is 23.7 Å². The lowest BCUT2D eigenvalue weighted by atomic mass is 10.1. The van der Waals surface area contributed by atoms with Crippen LogP contribution in [0.4, 0.5) is 13.2 Å². The van der Waals surface area contributed by atoms with Gasteiger partial charge in [0.1, 0.15) is 11.3 Å². The second kappa shape index (κ2) is 3.22. The number of aliphatic hydroxyl groups excluding tert-OH is 1. The molecule has 17 heavy (non-hydrogen) atoms. The third-order valence-corrected chi connectivity index (χ3v) is 2.97. The van der Waals surface area contributed by atoms with Crippen molar-refractivity contribution in [3.8, 4) is 0 Å². The number of fused-ring (bicyclic) bond motifs is 3. The number of halogens is 3. The summed E-state index contributed by atoms with van der Waals surface area (Å²) < 4.78 is 39.9. The number of rotatable bonds is 0. The van der Waals surface area contributed by atoms with Crippen LogP contribution in [0.25, 0.3) is 11.0 Å². The van der Waals surface area contributed by atoms with Gasteiger partial charge in [0, 0.05) is 6.42 Å². The molecule has 0 fully saturated rings. The van der Waals surface area contributed by atoms with E-state index in [2.05, 4.69) is 4.98 Å². The van der Waals surface area contributed by atoms with Crippen molar-refractivity contribution in [1.82, 2.24) is 9.55 Å². The van der Waals surface area contributed by atoms with Gasteiger partial charge in [0.25, 0.3) is 0 Å². The number of aliphatic hydroxyl groups is 1. The van der Waals surface area contributed by atoms with Crippen LogP contribution in [0.5, 0.6) is 0 Å². The topological polar surface area (TPSA) is 38.1 Å². The van der Waals surface area contributed by atoms with Crippen LogP contribution in [0.3, 0.4) is 0 Å². The number of aromatic nitrogens is 2. The highest BCUT2D eigenvalue weighted by Crippen LogP contribution is 2.35. The van der Waals surface area contributed by atoms with E-state index in [1.165, 1.54) is 6.07 Å². The highest BCUT2D eigenvalue weighted by Gasteiger charge is 2.35. The van der Waals surface area contributed by atoms with Gasteiger partial charge in [-0.25, -0.2) is 4.98 Å². The molecule has 1 unspecified atom stereocenters. The lowest BCUT2D eigenvalue weighted by Gasteiger charge is -2.08. The quantitative estimate of drug-likeness (QED) is 0.767. The Kier molecular flexibility index (Phi) is 2.01. The number of hydrogen-bond acceptors (Lipinski definition) is 2. The van der Waals surface area contributed by atoms with Crippen molar-refractivity contribution in [3.63, 3.8) is 0 Å². The van der Waals surface area contributed by atoms with Gasteiger partial charge >= 0.3 is 6.18 Å². The average molecular weight is 242 g/mol. The van der Waals surface area contributed by atoms with E-state index >= 15 is 0 Å². The molecule has 1 aromatic heterocycles. The van der Waals surface area contributed by atoms with E-state index in [9.17, 15) is 18.3 Å². The smallest absolute Gasteiger partial charge is 0.391 e. The molecule has 1 atom stereocenters. The summed E-state index contributed by atoms with van der Waals surface area (Å²) in [5.41, 5.74) is -0.306. The zero-order valence-electron chi connectivity index (χ0n) is 8.70. The Balaban J connectivity index is 2.27. The predicted molar refractivity (Wildman–Crippen MR) is 54.4 cm³/mol. The number of imidazole rings is 1. The average Bonchev–Trinajstić information content (AvgIpc) is 2.71. The fourth-order valence-electron chi connectivity index (χ4n) is 2.27. The van der Waals surface area contributed by atoms with Gasteiger partial charge < -0.3 is 9.67 Å². The Morgan fingerprint density at radius 2 is 2.12 bits per heavy atom. The van der Waals surface area contributed by atoms with Crippen molar-refractivity contribution in [2.24, 2.45) is 0 Å². The third-order valence-electron chi connectivity index (χ3n) is 2.97. The summed E-state index contributed by atoms with van der Waals surface area (Å²) in [5, 5.41) is 9.45. The van der Waals surface area contributed by atoms with E-state index < -0.39 is 17.8 Å². The van der Waals surface area contributed by atoms with Crippen molar-refractivity contribution in [2.45, 2.75) is 25.2 Å². The van der Waals surface area contributed by atoms with Gasteiger partial charge in [-0.2, -0.15) is 13.2 Å². The summed E-state index contributed by atoms with van der Waals surface area (Å²) in [6.07, 6.45) is -4.63. The van der Waals surface area contributed by atoms with Gasteiger partial charge in [-0.1, -0.05) is 6.07 Å². The molecule has 1 aliphatic heterocycles. The summed E-state index contributed by atoms with van der Waals surface area (Å²) in [7, 11) is 0. The van der Waals surface area contributed by atoms with Crippen LogP contribution >= 0.6 is 0 Å². The van der Waals surface area contributed by atoms with Crippen LogP contribution in [-0.2, 0) is 19.1 Å². The highest BCUT2D eigenvalue weighted by atomic mass is 19.4. The molecule has 6 heteroatoms. The van der Waals surface area contributed by atoms with Crippen LogP contribution < -0.4 is 0 Å².